The zero-order chi connectivity index (χ0) is 26.9. The van der Waals surface area contributed by atoms with Gasteiger partial charge in [0, 0.05) is 5.56 Å². The van der Waals surface area contributed by atoms with E-state index in [1.165, 1.54) is 31.5 Å². The number of halogens is 1. The average molecular weight is 525 g/mol. The summed E-state index contributed by atoms with van der Waals surface area (Å²) in [6.45, 7) is 0. The lowest BCUT2D eigenvalue weighted by Crippen LogP contribution is -2.24. The molecule has 4 aromatic rings. The van der Waals surface area contributed by atoms with Gasteiger partial charge in [0.25, 0.3) is 11.1 Å². The van der Waals surface area contributed by atoms with Crippen molar-refractivity contribution in [3.8, 4) is 34.1 Å². The third kappa shape index (κ3) is 4.60. The zero-order valence-electron chi connectivity index (χ0n) is 18.9. The van der Waals surface area contributed by atoms with Gasteiger partial charge in [-0.3, -0.25) is 9.59 Å². The van der Waals surface area contributed by atoms with Gasteiger partial charge in [-0.15, -0.1) is 0 Å². The summed E-state index contributed by atoms with van der Waals surface area (Å²) in [6, 6.07) is 12.5. The minimum absolute atomic E-state index is 0.000479. The van der Waals surface area contributed by atoms with Crippen molar-refractivity contribution >= 4 is 29.4 Å². The van der Waals surface area contributed by atoms with Crippen LogP contribution in [0.25, 0.3) is 16.8 Å². The molecule has 0 saturated heterocycles. The first kappa shape index (κ1) is 25.0. The van der Waals surface area contributed by atoms with Crippen molar-refractivity contribution in [1.29, 1.82) is 0 Å². The number of nitrogen functional groups attached to an aromatic ring is 1. The number of nitrogens with two attached hydrogens (primary N) is 1. The number of benzene rings is 2. The number of nitrogens with one attached hydrogen (secondary N) is 1. The van der Waals surface area contributed by atoms with Gasteiger partial charge in [0.05, 0.1) is 19.0 Å². The van der Waals surface area contributed by atoms with Crippen LogP contribution in [0.2, 0.25) is 5.02 Å². The summed E-state index contributed by atoms with van der Waals surface area (Å²) in [5, 5.41) is 23.0. The van der Waals surface area contributed by atoms with E-state index in [1.54, 1.807) is 30.3 Å². The Hall–Kier alpha value is -5.10. The number of anilines is 1. The van der Waals surface area contributed by atoms with Crippen molar-refractivity contribution < 1.29 is 29.3 Å². The monoisotopic (exact) mass is 524 g/mol. The van der Waals surface area contributed by atoms with Crippen molar-refractivity contribution in [2.75, 3.05) is 12.8 Å². The highest BCUT2D eigenvalue weighted by atomic mass is 35.5. The summed E-state index contributed by atoms with van der Waals surface area (Å²) >= 11 is 6.25. The van der Waals surface area contributed by atoms with Gasteiger partial charge in [-0.05, 0) is 29.8 Å². The molecule has 0 radical (unpaired) electrons. The molecule has 4 rings (SSSR count). The molecule has 0 aliphatic heterocycles. The highest BCUT2D eigenvalue weighted by molar-refractivity contribution is 6.31. The molecular weight excluding hydrogens is 508 g/mol. The minimum atomic E-state index is -1.66. The molecule has 5 N–H and O–H groups in total. The molecule has 0 aliphatic rings. The predicted octanol–water partition coefficient (Wildman–Crippen LogP) is 3.02. The second-order valence-corrected chi connectivity index (χ2v) is 7.82. The third-order valence-electron chi connectivity index (χ3n) is 5.23. The molecule has 37 heavy (non-hydrogen) atoms. The lowest BCUT2D eigenvalue weighted by molar-refractivity contribution is 0.0695. The minimum Gasteiger partial charge on any atom is -0.493 e. The van der Waals surface area contributed by atoms with Gasteiger partial charge >= 0.3 is 11.9 Å². The third-order valence-corrected chi connectivity index (χ3v) is 5.58. The smallest absolute Gasteiger partial charge is 0.342 e. The number of H-pyrrole nitrogens is 1. The number of carboxylic acid groups (broad SMARTS) is 2. The fourth-order valence-electron chi connectivity index (χ4n) is 3.60. The van der Waals surface area contributed by atoms with Crippen LogP contribution in [0.4, 0.5) is 5.82 Å². The van der Waals surface area contributed by atoms with Crippen LogP contribution in [0.3, 0.4) is 0 Å². The summed E-state index contributed by atoms with van der Waals surface area (Å²) in [4.78, 5) is 50.7. The number of carboxylic acids is 2. The van der Waals surface area contributed by atoms with Crippen LogP contribution in [0, 0.1) is 0 Å². The molecule has 13 heteroatoms. The van der Waals surface area contributed by atoms with Gasteiger partial charge in [0.2, 0.25) is 0 Å². The lowest BCUT2D eigenvalue weighted by Gasteiger charge is -2.16. The van der Waals surface area contributed by atoms with Crippen LogP contribution in [0.5, 0.6) is 17.2 Å². The summed E-state index contributed by atoms with van der Waals surface area (Å²) in [5.41, 5.74) is 2.60. The summed E-state index contributed by atoms with van der Waals surface area (Å²) < 4.78 is 12.1. The van der Waals surface area contributed by atoms with Crippen LogP contribution in [0.15, 0.2) is 64.3 Å². The van der Waals surface area contributed by atoms with E-state index in [0.29, 0.717) is 5.69 Å². The van der Waals surface area contributed by atoms with Crippen molar-refractivity contribution in [3.05, 3.63) is 91.6 Å². The molecular formula is C24H17ClN4O8. The Morgan fingerprint density at radius 1 is 1.00 bits per heavy atom. The Kier molecular flexibility index (Phi) is 6.67. The topological polar surface area (TPSA) is 187 Å². The van der Waals surface area contributed by atoms with Gasteiger partial charge in [-0.2, -0.15) is 9.78 Å². The van der Waals surface area contributed by atoms with Gasteiger partial charge in [0.15, 0.2) is 22.3 Å². The van der Waals surface area contributed by atoms with Gasteiger partial charge in [-0.25, -0.2) is 9.59 Å². The number of methoxy groups -OCH3 is 1. The number of pyridine rings is 1. The molecule has 188 valence electrons. The Morgan fingerprint density at radius 2 is 1.68 bits per heavy atom. The Labute approximate surface area is 212 Å². The van der Waals surface area contributed by atoms with Crippen molar-refractivity contribution in [2.45, 2.75) is 0 Å². The predicted molar refractivity (Wildman–Crippen MR) is 132 cm³/mol. The SMILES string of the molecule is COc1cc(-c2c(C(=O)O)c(N)[nH]c(=O)c2C(=O)O)ccc1Oc1cnn(-c2ccccc2)c(=O)c1Cl. The van der Waals surface area contributed by atoms with E-state index in [2.05, 4.69) is 5.10 Å². The molecule has 2 aromatic carbocycles. The number of aromatic carboxylic acids is 2. The number of ether oxygens (including phenoxy) is 2. The molecule has 0 spiro atoms. The molecule has 0 aliphatic carbocycles. The second kappa shape index (κ2) is 9.87. The maximum Gasteiger partial charge on any atom is 0.342 e. The molecule has 0 bridgehead atoms. The molecule has 2 heterocycles. The highest BCUT2D eigenvalue weighted by Gasteiger charge is 2.27. The molecule has 12 nitrogen and oxygen atoms in total. The van der Waals surface area contributed by atoms with Crippen molar-refractivity contribution in [1.82, 2.24) is 14.8 Å². The first-order chi connectivity index (χ1) is 17.6. The number of nitrogens with zero attached hydrogens (tertiary/aromatic N) is 2. The molecule has 0 unspecified atom stereocenters. The number of carbonyl (C=O) groups is 2. The second-order valence-electron chi connectivity index (χ2n) is 7.45. The quantitative estimate of drug-likeness (QED) is 0.280. The van der Waals surface area contributed by atoms with Gasteiger partial charge in [0.1, 0.15) is 16.9 Å². The van der Waals surface area contributed by atoms with E-state index < -0.39 is 45.6 Å². The molecule has 0 saturated carbocycles. The largest absolute Gasteiger partial charge is 0.493 e. The Balaban J connectivity index is 1.81. The van der Waals surface area contributed by atoms with Crippen LogP contribution in [0.1, 0.15) is 20.7 Å². The van der Waals surface area contributed by atoms with E-state index in [9.17, 15) is 29.4 Å². The molecule has 2 aromatic heterocycles. The standard InChI is InChI=1S/C24H17ClN4O8/c1-36-14-9-11(16-17(23(32)33)20(26)28-21(30)18(16)24(34)35)7-8-13(14)37-15-10-27-29(22(31)19(15)25)12-5-3-2-4-6-12/h2-10H,1H3,(H,32,33)(H,34,35)(H3,26,28,30). The Bertz CT molecular complexity index is 1660. The highest BCUT2D eigenvalue weighted by Crippen LogP contribution is 2.38. The number of para-hydroxylation sites is 1. The molecule has 0 fully saturated rings. The number of aromatic nitrogens is 3. The molecule has 0 atom stereocenters. The summed E-state index contributed by atoms with van der Waals surface area (Å²) in [7, 11) is 1.28. The van der Waals surface area contributed by atoms with Crippen molar-refractivity contribution in [2.24, 2.45) is 0 Å². The van der Waals surface area contributed by atoms with Gasteiger partial charge in [-0.1, -0.05) is 35.9 Å². The van der Waals surface area contributed by atoms with Crippen LogP contribution in [-0.2, 0) is 0 Å². The van der Waals surface area contributed by atoms with Crippen LogP contribution < -0.4 is 26.3 Å². The lowest BCUT2D eigenvalue weighted by atomic mass is 9.95. The number of hydrogen-bond acceptors (Lipinski definition) is 8. The number of aromatic amines is 1. The summed E-state index contributed by atoms with van der Waals surface area (Å²) in [5.74, 6) is -3.78. The van der Waals surface area contributed by atoms with E-state index >= 15 is 0 Å². The number of hydrogen-bond donors (Lipinski definition) is 4. The Morgan fingerprint density at radius 3 is 2.30 bits per heavy atom. The van der Waals surface area contributed by atoms with E-state index in [-0.39, 0.29) is 27.8 Å². The van der Waals surface area contributed by atoms with E-state index in [4.69, 9.17) is 26.8 Å². The van der Waals surface area contributed by atoms with Gasteiger partial charge < -0.3 is 30.4 Å². The first-order valence-corrected chi connectivity index (χ1v) is 10.7. The van der Waals surface area contributed by atoms with E-state index in [1.807, 2.05) is 4.98 Å². The maximum absolute atomic E-state index is 12.7. The fraction of sp³-hybridized carbons (Fsp3) is 0.0417. The van der Waals surface area contributed by atoms with Crippen LogP contribution in [-0.4, -0.2) is 44.0 Å². The number of rotatable bonds is 7. The normalized spacial score (nSPS) is 10.6. The van der Waals surface area contributed by atoms with E-state index in [0.717, 1.165) is 4.68 Å². The fourth-order valence-corrected chi connectivity index (χ4v) is 3.77. The van der Waals surface area contributed by atoms with Crippen molar-refractivity contribution in [3.63, 3.8) is 0 Å². The van der Waals surface area contributed by atoms with Crippen LogP contribution >= 0.6 is 11.6 Å². The summed E-state index contributed by atoms with van der Waals surface area (Å²) in [6.07, 6.45) is 1.23. The molecule has 0 amide bonds. The zero-order valence-corrected chi connectivity index (χ0v) is 19.6. The average Bonchev–Trinajstić information content (AvgIpc) is 2.86. The first-order valence-electron chi connectivity index (χ1n) is 10.4. The maximum atomic E-state index is 12.7.